The Labute approximate surface area is 169 Å². The number of carboxylic acid groups (broad SMARTS) is 1. The molecule has 0 spiro atoms. The van der Waals surface area contributed by atoms with Gasteiger partial charge in [0.15, 0.2) is 5.78 Å². The summed E-state index contributed by atoms with van der Waals surface area (Å²) in [5, 5.41) is 19.9. The Kier molecular flexibility index (Phi) is 4.02. The maximum Gasteiger partial charge on any atom is 0.335 e. The third-order valence-electron chi connectivity index (χ3n) is 5.61. The normalized spacial score (nSPS) is 20.8. The molecule has 1 aliphatic heterocycles. The minimum atomic E-state index is -1.02. The van der Waals surface area contributed by atoms with Crippen LogP contribution in [0.3, 0.4) is 0 Å². The summed E-state index contributed by atoms with van der Waals surface area (Å²) in [6.07, 6.45) is 1.07. The molecule has 0 saturated carbocycles. The molecule has 0 bridgehead atoms. The lowest BCUT2D eigenvalue weighted by atomic mass is 9.74. The van der Waals surface area contributed by atoms with Gasteiger partial charge in [-0.05, 0) is 35.6 Å². The van der Waals surface area contributed by atoms with Crippen molar-refractivity contribution in [2.75, 3.05) is 5.32 Å². The zero-order valence-electron chi connectivity index (χ0n) is 15.2. The highest BCUT2D eigenvalue weighted by atomic mass is 32.1. The van der Waals surface area contributed by atoms with Gasteiger partial charge in [0.25, 0.3) is 5.56 Å². The highest BCUT2D eigenvalue weighted by Gasteiger charge is 2.40. The number of hydrogen-bond acceptors (Lipinski definition) is 5. The number of H-pyrrole nitrogens is 2. The predicted molar refractivity (Wildman–Crippen MR) is 109 cm³/mol. The molecular formula is C21H17N3O4S. The summed E-state index contributed by atoms with van der Waals surface area (Å²) >= 11 is 1.64. The van der Waals surface area contributed by atoms with Crippen LogP contribution < -0.4 is 10.9 Å². The number of carbonyl (C=O) groups excluding carboxylic acids is 1. The molecule has 146 valence electrons. The number of fused-ring (bicyclic) bond motifs is 1. The van der Waals surface area contributed by atoms with Gasteiger partial charge in [-0.2, -0.15) is 0 Å². The number of thiophene rings is 1. The fourth-order valence-electron chi connectivity index (χ4n) is 4.30. The molecule has 0 saturated heterocycles. The van der Waals surface area contributed by atoms with Crippen molar-refractivity contribution in [2.45, 2.75) is 24.7 Å². The van der Waals surface area contributed by atoms with Gasteiger partial charge in [-0.3, -0.25) is 19.8 Å². The van der Waals surface area contributed by atoms with Crippen molar-refractivity contribution in [3.63, 3.8) is 0 Å². The standard InChI is InChI=1S/C21H17N3O4S/c25-14-9-12(15-2-1-7-29-15)8-13-17(14)16(18-19(22-13)23-24-20(18)26)10-3-5-11(6-4-10)21(27)28/h1-7,12,16H,8-9H2,(H,27,28)(H3,22,23,24,26). The Hall–Kier alpha value is -3.39. The van der Waals surface area contributed by atoms with Crippen LogP contribution in [0.25, 0.3) is 0 Å². The fraction of sp³-hybridized carbons (Fsp3) is 0.190. The van der Waals surface area contributed by atoms with E-state index in [0.29, 0.717) is 29.8 Å². The third kappa shape index (κ3) is 2.84. The van der Waals surface area contributed by atoms with E-state index in [1.165, 1.54) is 17.0 Å². The van der Waals surface area contributed by atoms with E-state index < -0.39 is 11.9 Å². The fourth-order valence-corrected chi connectivity index (χ4v) is 5.13. The third-order valence-corrected chi connectivity index (χ3v) is 6.65. The van der Waals surface area contributed by atoms with Crippen LogP contribution >= 0.6 is 11.3 Å². The van der Waals surface area contributed by atoms with Gasteiger partial charge in [-0.1, -0.05) is 18.2 Å². The van der Waals surface area contributed by atoms with Crippen molar-refractivity contribution in [2.24, 2.45) is 0 Å². The van der Waals surface area contributed by atoms with E-state index in [0.717, 1.165) is 11.3 Å². The van der Waals surface area contributed by atoms with Crippen molar-refractivity contribution in [1.29, 1.82) is 0 Å². The molecule has 1 aromatic carbocycles. The van der Waals surface area contributed by atoms with Crippen molar-refractivity contribution >= 4 is 28.9 Å². The number of ketones is 1. The molecular weight excluding hydrogens is 390 g/mol. The van der Waals surface area contributed by atoms with Gasteiger partial charge in [0.1, 0.15) is 5.82 Å². The van der Waals surface area contributed by atoms with Crippen molar-refractivity contribution in [1.82, 2.24) is 10.2 Å². The molecule has 2 atom stereocenters. The predicted octanol–water partition coefficient (Wildman–Crippen LogP) is 3.42. The zero-order valence-corrected chi connectivity index (χ0v) is 16.0. The van der Waals surface area contributed by atoms with Crippen LogP contribution in [0.15, 0.2) is 57.8 Å². The van der Waals surface area contributed by atoms with E-state index in [-0.39, 0.29) is 22.8 Å². The van der Waals surface area contributed by atoms with Gasteiger partial charge in [-0.25, -0.2) is 4.79 Å². The Bertz CT molecular complexity index is 1200. The molecule has 0 amide bonds. The molecule has 7 nitrogen and oxygen atoms in total. The van der Waals surface area contributed by atoms with E-state index in [1.807, 2.05) is 17.5 Å². The molecule has 2 unspecified atom stereocenters. The average Bonchev–Trinajstić information content (AvgIpc) is 3.37. The van der Waals surface area contributed by atoms with Crippen molar-refractivity contribution in [3.05, 3.63) is 85.0 Å². The lowest BCUT2D eigenvalue weighted by Gasteiger charge is -2.34. The SMILES string of the molecule is O=C1CC(c2cccs2)CC2=C1C(c1ccc(C(=O)O)cc1)c1c([nH][nH]c1=O)N2. The Morgan fingerprint density at radius 3 is 2.55 bits per heavy atom. The van der Waals surface area contributed by atoms with Crippen LogP contribution in [0.1, 0.15) is 51.0 Å². The molecule has 1 aliphatic carbocycles. The number of aromatic amines is 2. The van der Waals surface area contributed by atoms with Crippen LogP contribution in [-0.2, 0) is 4.79 Å². The minimum absolute atomic E-state index is 0.00992. The number of carboxylic acids is 1. The van der Waals surface area contributed by atoms with Gasteiger partial charge in [0.2, 0.25) is 0 Å². The summed E-state index contributed by atoms with van der Waals surface area (Å²) in [5.74, 6) is -0.877. The van der Waals surface area contributed by atoms with Crippen LogP contribution in [0, 0.1) is 0 Å². The quantitative estimate of drug-likeness (QED) is 0.531. The topological polar surface area (TPSA) is 115 Å². The van der Waals surface area contributed by atoms with Gasteiger partial charge in [0.05, 0.1) is 11.1 Å². The highest BCUT2D eigenvalue weighted by molar-refractivity contribution is 7.10. The molecule has 5 rings (SSSR count). The molecule has 0 fully saturated rings. The van der Waals surface area contributed by atoms with Crippen LogP contribution in [0.2, 0.25) is 0 Å². The molecule has 4 N–H and O–H groups in total. The summed E-state index contributed by atoms with van der Waals surface area (Å²) < 4.78 is 0. The second kappa shape index (κ2) is 6.59. The van der Waals surface area contributed by atoms with Crippen LogP contribution in [-0.4, -0.2) is 27.1 Å². The minimum Gasteiger partial charge on any atom is -0.478 e. The molecule has 29 heavy (non-hydrogen) atoms. The van der Waals surface area contributed by atoms with E-state index in [1.54, 1.807) is 23.5 Å². The van der Waals surface area contributed by atoms with Gasteiger partial charge in [0, 0.05) is 34.4 Å². The maximum absolute atomic E-state index is 13.2. The van der Waals surface area contributed by atoms with Gasteiger partial charge < -0.3 is 10.4 Å². The highest BCUT2D eigenvalue weighted by Crippen LogP contribution is 2.46. The number of carbonyl (C=O) groups is 2. The summed E-state index contributed by atoms with van der Waals surface area (Å²) in [7, 11) is 0. The number of benzene rings is 1. The summed E-state index contributed by atoms with van der Waals surface area (Å²) in [4.78, 5) is 38.1. The first-order chi connectivity index (χ1) is 14.0. The van der Waals surface area contributed by atoms with Crippen molar-refractivity contribution < 1.29 is 14.7 Å². The Balaban J connectivity index is 1.63. The lowest BCUT2D eigenvalue weighted by molar-refractivity contribution is -0.116. The van der Waals surface area contributed by atoms with E-state index in [4.69, 9.17) is 0 Å². The van der Waals surface area contributed by atoms with Crippen LogP contribution in [0.5, 0.6) is 0 Å². The average molecular weight is 407 g/mol. The number of anilines is 1. The Morgan fingerprint density at radius 1 is 1.07 bits per heavy atom. The summed E-state index contributed by atoms with van der Waals surface area (Å²) in [6.45, 7) is 0. The number of Topliss-reactive ketones (excluding diaryl/α,β-unsaturated/α-hetero) is 1. The zero-order chi connectivity index (χ0) is 20.1. The monoisotopic (exact) mass is 407 g/mol. The second-order valence-corrected chi connectivity index (χ2v) is 8.27. The first-order valence-electron chi connectivity index (χ1n) is 9.23. The molecule has 2 aromatic heterocycles. The van der Waals surface area contributed by atoms with Crippen molar-refractivity contribution in [3.8, 4) is 0 Å². The number of rotatable bonds is 3. The lowest BCUT2D eigenvalue weighted by Crippen LogP contribution is -2.31. The molecule has 0 radical (unpaired) electrons. The molecule has 3 heterocycles. The Morgan fingerprint density at radius 2 is 1.86 bits per heavy atom. The number of aromatic carboxylic acids is 1. The molecule has 8 heteroatoms. The summed E-state index contributed by atoms with van der Waals surface area (Å²) in [5.41, 5.74) is 2.45. The second-order valence-electron chi connectivity index (χ2n) is 7.29. The number of aromatic nitrogens is 2. The number of allylic oxidation sites excluding steroid dienone is 2. The first kappa shape index (κ1) is 17.7. The molecule has 3 aromatic rings. The van der Waals surface area contributed by atoms with E-state index in [9.17, 15) is 19.5 Å². The maximum atomic E-state index is 13.2. The van der Waals surface area contributed by atoms with E-state index >= 15 is 0 Å². The summed E-state index contributed by atoms with van der Waals surface area (Å²) in [6, 6.07) is 10.4. The first-order valence-corrected chi connectivity index (χ1v) is 10.1. The van der Waals surface area contributed by atoms with Crippen LogP contribution in [0.4, 0.5) is 5.82 Å². The largest absolute Gasteiger partial charge is 0.478 e. The van der Waals surface area contributed by atoms with Gasteiger partial charge in [-0.15, -0.1) is 11.3 Å². The number of nitrogens with one attached hydrogen (secondary N) is 3. The number of hydrogen-bond donors (Lipinski definition) is 4. The molecule has 2 aliphatic rings. The van der Waals surface area contributed by atoms with Gasteiger partial charge >= 0.3 is 5.97 Å². The van der Waals surface area contributed by atoms with E-state index in [2.05, 4.69) is 15.5 Å². The smallest absolute Gasteiger partial charge is 0.335 e.